The minimum Gasteiger partial charge on any atom is -0.447 e. The van der Waals surface area contributed by atoms with Crippen molar-refractivity contribution in [3.8, 4) is 0 Å². The molecule has 0 saturated carbocycles. The van der Waals surface area contributed by atoms with E-state index in [0.717, 1.165) is 0 Å². The first-order chi connectivity index (χ1) is 13.9. The van der Waals surface area contributed by atoms with Crippen LogP contribution < -0.4 is 10.6 Å². The van der Waals surface area contributed by atoms with Gasteiger partial charge < -0.3 is 24.8 Å². The molecule has 0 saturated heterocycles. The number of amides is 2. The number of ether oxygens (including phenoxy) is 3. The second-order valence-electron chi connectivity index (χ2n) is 8.81. The molecule has 1 aromatic heterocycles. The molecule has 10 heteroatoms. The topological polar surface area (TPSA) is 121 Å². The molecule has 0 bridgehead atoms. The third kappa shape index (κ3) is 11.9. The van der Waals surface area contributed by atoms with Crippen LogP contribution >= 0.6 is 0 Å². The van der Waals surface area contributed by atoms with Gasteiger partial charge in [0.15, 0.2) is 0 Å². The van der Waals surface area contributed by atoms with Crippen LogP contribution in [0.15, 0.2) is 18.7 Å². The fourth-order valence-corrected chi connectivity index (χ4v) is 2.31. The molecule has 170 valence electrons. The van der Waals surface area contributed by atoms with E-state index in [-0.39, 0.29) is 6.61 Å². The van der Waals surface area contributed by atoms with Crippen LogP contribution in [-0.2, 0) is 14.2 Å². The number of unbranched alkanes of at least 4 members (excludes halogenated alkanes) is 1. The van der Waals surface area contributed by atoms with Gasteiger partial charge in [0.2, 0.25) is 0 Å². The summed E-state index contributed by atoms with van der Waals surface area (Å²) in [6, 6.07) is -0.436. The molecule has 1 atom stereocenters. The van der Waals surface area contributed by atoms with Gasteiger partial charge in [-0.3, -0.25) is 0 Å². The lowest BCUT2D eigenvalue weighted by molar-refractivity contribution is 0.0466. The summed E-state index contributed by atoms with van der Waals surface area (Å²) in [5, 5.41) is 5.41. The Hall–Kier alpha value is -2.78. The summed E-state index contributed by atoms with van der Waals surface area (Å²) in [5.41, 5.74) is -1.19. The van der Waals surface area contributed by atoms with Crippen LogP contribution in [0.2, 0.25) is 0 Å². The van der Waals surface area contributed by atoms with Crippen LogP contribution in [-0.4, -0.2) is 58.2 Å². The molecule has 1 rings (SSSR count). The van der Waals surface area contributed by atoms with Crippen molar-refractivity contribution in [1.82, 2.24) is 20.2 Å². The van der Waals surface area contributed by atoms with Crippen molar-refractivity contribution in [2.45, 2.75) is 78.0 Å². The van der Waals surface area contributed by atoms with Gasteiger partial charge in [-0.15, -0.1) is 0 Å². The number of rotatable bonds is 8. The minimum atomic E-state index is -0.639. The highest BCUT2D eigenvalue weighted by molar-refractivity contribution is 5.70. The fraction of sp³-hybridized carbons (Fsp3) is 0.700. The fourth-order valence-electron chi connectivity index (χ4n) is 2.31. The van der Waals surface area contributed by atoms with Crippen LogP contribution in [0, 0.1) is 0 Å². The van der Waals surface area contributed by atoms with Gasteiger partial charge in [0.1, 0.15) is 24.1 Å². The second kappa shape index (κ2) is 11.4. The molecule has 0 aliphatic rings. The number of carbonyl (C=O) groups is 3. The first-order valence-corrected chi connectivity index (χ1v) is 9.97. The van der Waals surface area contributed by atoms with E-state index in [9.17, 15) is 14.4 Å². The Morgan fingerprint density at radius 3 is 2.20 bits per heavy atom. The molecule has 0 fully saturated rings. The lowest BCUT2D eigenvalue weighted by Crippen LogP contribution is -2.42. The molecular formula is C20H34N4O6. The quantitative estimate of drug-likeness (QED) is 0.482. The lowest BCUT2D eigenvalue weighted by Gasteiger charge is -2.23. The maximum atomic E-state index is 12.1. The largest absolute Gasteiger partial charge is 0.447 e. The zero-order valence-electron chi connectivity index (χ0n) is 18.7. The zero-order valence-corrected chi connectivity index (χ0v) is 18.7. The number of aromatic nitrogens is 2. The Balaban J connectivity index is 2.46. The Kier molecular flexibility index (Phi) is 9.61. The standard InChI is InChI=1S/C20H34N4O6/c1-19(2,3)29-16(25)22-10-8-7-9-15(23-17(26)30-20(4,5)6)13-28-18(27)24-12-11-21-14-24/h11-12,14-15H,7-10,13H2,1-6H3,(H,22,25)(H,23,26). The number of nitrogens with zero attached hydrogens (tertiary/aromatic N) is 2. The van der Waals surface area contributed by atoms with Gasteiger partial charge in [-0.1, -0.05) is 0 Å². The molecule has 0 aromatic carbocycles. The van der Waals surface area contributed by atoms with E-state index in [1.165, 1.54) is 23.3 Å². The molecule has 2 amide bonds. The van der Waals surface area contributed by atoms with Gasteiger partial charge in [0, 0.05) is 18.9 Å². The van der Waals surface area contributed by atoms with Crippen molar-refractivity contribution >= 4 is 18.3 Å². The summed E-state index contributed by atoms with van der Waals surface area (Å²) in [4.78, 5) is 39.5. The zero-order chi connectivity index (χ0) is 22.8. The van der Waals surface area contributed by atoms with Gasteiger partial charge in [-0.2, -0.15) is 0 Å². The van der Waals surface area contributed by atoms with E-state index >= 15 is 0 Å². The Labute approximate surface area is 177 Å². The van der Waals surface area contributed by atoms with Gasteiger partial charge in [-0.05, 0) is 60.8 Å². The van der Waals surface area contributed by atoms with Crippen LogP contribution in [0.25, 0.3) is 0 Å². The predicted octanol–water partition coefficient (Wildman–Crippen LogP) is 3.46. The number of hydrogen-bond donors (Lipinski definition) is 2. The highest BCUT2D eigenvalue weighted by atomic mass is 16.6. The van der Waals surface area contributed by atoms with E-state index in [0.29, 0.717) is 25.8 Å². The number of hydrogen-bond acceptors (Lipinski definition) is 7. The first kappa shape index (κ1) is 25.3. The third-order valence-electron chi connectivity index (χ3n) is 3.49. The number of nitrogens with one attached hydrogen (secondary N) is 2. The van der Waals surface area contributed by atoms with E-state index in [1.807, 2.05) is 0 Å². The summed E-state index contributed by atoms with van der Waals surface area (Å²) in [7, 11) is 0. The summed E-state index contributed by atoms with van der Waals surface area (Å²) in [6.45, 7) is 11.1. The van der Waals surface area contributed by atoms with Crippen molar-refractivity contribution < 1.29 is 28.6 Å². The maximum Gasteiger partial charge on any atom is 0.419 e. The molecule has 0 aliphatic carbocycles. The van der Waals surface area contributed by atoms with E-state index in [4.69, 9.17) is 14.2 Å². The van der Waals surface area contributed by atoms with Crippen molar-refractivity contribution in [2.24, 2.45) is 0 Å². The normalized spacial score (nSPS) is 12.6. The van der Waals surface area contributed by atoms with Gasteiger partial charge in [0.25, 0.3) is 0 Å². The van der Waals surface area contributed by atoms with Crippen molar-refractivity contribution in [2.75, 3.05) is 13.2 Å². The van der Waals surface area contributed by atoms with E-state index < -0.39 is 35.5 Å². The molecule has 0 aliphatic heterocycles. The summed E-state index contributed by atoms with van der Waals surface area (Å²) in [5.74, 6) is 0. The summed E-state index contributed by atoms with van der Waals surface area (Å²) < 4.78 is 16.9. The predicted molar refractivity (Wildman–Crippen MR) is 110 cm³/mol. The van der Waals surface area contributed by atoms with E-state index in [1.54, 1.807) is 41.5 Å². The van der Waals surface area contributed by atoms with Gasteiger partial charge in [-0.25, -0.2) is 23.9 Å². The molecule has 1 heterocycles. The monoisotopic (exact) mass is 426 g/mol. The average molecular weight is 427 g/mol. The van der Waals surface area contributed by atoms with Crippen molar-refractivity contribution in [1.29, 1.82) is 0 Å². The highest BCUT2D eigenvalue weighted by Gasteiger charge is 2.21. The highest BCUT2D eigenvalue weighted by Crippen LogP contribution is 2.09. The molecule has 30 heavy (non-hydrogen) atoms. The smallest absolute Gasteiger partial charge is 0.419 e. The SMILES string of the molecule is CC(C)(C)OC(=O)NCCCCC(COC(=O)n1ccnc1)NC(=O)OC(C)(C)C. The van der Waals surface area contributed by atoms with Crippen LogP contribution in [0.4, 0.5) is 14.4 Å². The molecule has 0 radical (unpaired) electrons. The molecule has 0 spiro atoms. The minimum absolute atomic E-state index is 0.0181. The van der Waals surface area contributed by atoms with Crippen LogP contribution in [0.5, 0.6) is 0 Å². The molecule has 10 nitrogen and oxygen atoms in total. The van der Waals surface area contributed by atoms with Gasteiger partial charge >= 0.3 is 18.3 Å². The molecule has 1 aromatic rings. The summed E-state index contributed by atoms with van der Waals surface area (Å²) in [6.07, 6.45) is 4.51. The maximum absolute atomic E-state index is 12.1. The van der Waals surface area contributed by atoms with E-state index in [2.05, 4.69) is 15.6 Å². The molecule has 2 N–H and O–H groups in total. The van der Waals surface area contributed by atoms with Crippen molar-refractivity contribution in [3.63, 3.8) is 0 Å². The van der Waals surface area contributed by atoms with Crippen LogP contribution in [0.3, 0.4) is 0 Å². The summed E-state index contributed by atoms with van der Waals surface area (Å²) >= 11 is 0. The average Bonchev–Trinajstić information content (AvgIpc) is 3.10. The van der Waals surface area contributed by atoms with Gasteiger partial charge in [0.05, 0.1) is 6.04 Å². The number of imidazole rings is 1. The Morgan fingerprint density at radius 2 is 1.63 bits per heavy atom. The second-order valence-corrected chi connectivity index (χ2v) is 8.81. The Bertz CT molecular complexity index is 676. The number of carbonyl (C=O) groups excluding carboxylic acids is 3. The molecular weight excluding hydrogens is 392 g/mol. The molecule has 1 unspecified atom stereocenters. The lowest BCUT2D eigenvalue weighted by atomic mass is 10.1. The Morgan fingerprint density at radius 1 is 1.00 bits per heavy atom. The van der Waals surface area contributed by atoms with Crippen LogP contribution in [0.1, 0.15) is 60.8 Å². The number of alkyl carbamates (subject to hydrolysis) is 2. The third-order valence-corrected chi connectivity index (χ3v) is 3.49. The first-order valence-electron chi connectivity index (χ1n) is 9.97. The van der Waals surface area contributed by atoms with Crippen molar-refractivity contribution in [3.05, 3.63) is 18.7 Å².